The van der Waals surface area contributed by atoms with Gasteiger partial charge < -0.3 is 9.84 Å². The first-order valence-electron chi connectivity index (χ1n) is 7.70. The molecule has 2 amide bonds. The third kappa shape index (κ3) is 4.25. The van der Waals surface area contributed by atoms with Crippen LogP contribution in [0.1, 0.15) is 36.8 Å². The molecule has 0 fully saturated rings. The Kier molecular flexibility index (Phi) is 5.77. The van der Waals surface area contributed by atoms with Crippen molar-refractivity contribution in [2.45, 2.75) is 33.2 Å². The second kappa shape index (κ2) is 7.51. The van der Waals surface area contributed by atoms with E-state index in [0.717, 1.165) is 0 Å². The molecule has 26 heavy (non-hydrogen) atoms. The van der Waals surface area contributed by atoms with Gasteiger partial charge in [-0.3, -0.25) is 14.1 Å². The Morgan fingerprint density at radius 2 is 2.00 bits per heavy atom. The number of ether oxygens (including phenoxy) is 1. The minimum absolute atomic E-state index is 0.203. The third-order valence-electron chi connectivity index (χ3n) is 3.49. The van der Waals surface area contributed by atoms with Gasteiger partial charge in [-0.1, -0.05) is 11.6 Å². The molecule has 1 aromatic heterocycles. The molecule has 0 aliphatic rings. The Morgan fingerprint density at radius 1 is 1.35 bits per heavy atom. The van der Waals surface area contributed by atoms with Gasteiger partial charge >= 0.3 is 6.09 Å². The fraction of sp³-hybridized carbons (Fsp3) is 0.353. The van der Waals surface area contributed by atoms with Gasteiger partial charge in [-0.15, -0.1) is 0 Å². The van der Waals surface area contributed by atoms with Crippen LogP contribution in [0.3, 0.4) is 0 Å². The number of hydrogen-bond acceptors (Lipinski definition) is 4. The van der Waals surface area contributed by atoms with Crippen molar-refractivity contribution < 1.29 is 19.4 Å². The Labute approximate surface area is 160 Å². The normalized spacial score (nSPS) is 12.2. The zero-order valence-electron chi connectivity index (χ0n) is 15.1. The van der Waals surface area contributed by atoms with Crippen molar-refractivity contribution in [2.75, 3.05) is 12.4 Å². The molecule has 7 nitrogen and oxygen atoms in total. The molecule has 9 heteroatoms. The largest absolute Gasteiger partial charge is 0.496 e. The van der Waals surface area contributed by atoms with E-state index < -0.39 is 12.0 Å². The number of benzene rings is 1. The van der Waals surface area contributed by atoms with Crippen LogP contribution in [-0.4, -0.2) is 28.2 Å². The Bertz CT molecular complexity index is 925. The molecule has 2 N–H and O–H groups in total. The number of nitrogens with zero attached hydrogens (tertiary/aromatic N) is 2. The van der Waals surface area contributed by atoms with Crippen LogP contribution in [0.5, 0.6) is 5.75 Å². The van der Waals surface area contributed by atoms with Gasteiger partial charge in [0.05, 0.1) is 18.4 Å². The van der Waals surface area contributed by atoms with Gasteiger partial charge in [0.15, 0.2) is 4.67 Å². The van der Waals surface area contributed by atoms with Crippen LogP contribution >= 0.6 is 23.1 Å². The predicted octanol–water partition coefficient (Wildman–Crippen LogP) is 4.11. The maximum atomic E-state index is 12.7. The quantitative estimate of drug-likeness (QED) is 0.815. The summed E-state index contributed by atoms with van der Waals surface area (Å²) in [6.07, 6.45) is -1.23. The van der Waals surface area contributed by atoms with Crippen LogP contribution in [0, 0.1) is 6.92 Å². The highest BCUT2D eigenvalue weighted by atomic mass is 35.5. The number of methoxy groups -OCH3 is 1. The topological polar surface area (TPSA) is 92.9 Å². The zero-order chi connectivity index (χ0) is 19.6. The highest BCUT2D eigenvalue weighted by molar-refractivity contribution is 7.04. The van der Waals surface area contributed by atoms with Gasteiger partial charge in [0.2, 0.25) is 0 Å². The van der Waals surface area contributed by atoms with E-state index in [1.54, 1.807) is 19.1 Å². The molecule has 2 aromatic rings. The average Bonchev–Trinajstić information content (AvgIpc) is 2.83. The van der Waals surface area contributed by atoms with Crippen LogP contribution in [-0.2, 0) is 5.54 Å². The van der Waals surface area contributed by atoms with Crippen molar-refractivity contribution in [3.05, 3.63) is 39.2 Å². The molecule has 0 unspecified atom stereocenters. The molecule has 2 rings (SSSR count). The molecular formula is C17H20ClN3O4S. The number of aromatic nitrogens is 1. The van der Waals surface area contributed by atoms with E-state index in [9.17, 15) is 9.59 Å². The first-order valence-corrected chi connectivity index (χ1v) is 8.85. The molecule has 0 bridgehead atoms. The predicted molar refractivity (Wildman–Crippen MR) is 102 cm³/mol. The van der Waals surface area contributed by atoms with Crippen molar-refractivity contribution in [1.29, 1.82) is 0 Å². The standard InChI is InChI=1S/C17H20ClN3O4S/c1-9-13(19-16(23)24)15(26-21(9)17(2,3)4)20-14(22)11-8-10(18)6-7-12(11)25-5/h6-8,19H,1-5H3,(H,23,24)/b20-15-. The van der Waals surface area contributed by atoms with Crippen molar-refractivity contribution in [1.82, 2.24) is 3.96 Å². The maximum absolute atomic E-state index is 12.7. The van der Waals surface area contributed by atoms with Crippen LogP contribution in [0.2, 0.25) is 5.02 Å². The molecule has 0 radical (unpaired) electrons. The third-order valence-corrected chi connectivity index (χ3v) is 5.20. The SMILES string of the molecule is COc1ccc(Cl)cc1C(=O)/N=c1\sn(C(C)(C)C)c(C)c1NC(=O)O. The summed E-state index contributed by atoms with van der Waals surface area (Å²) in [5.41, 5.74) is 0.866. The number of amides is 2. The minimum Gasteiger partial charge on any atom is -0.496 e. The summed E-state index contributed by atoms with van der Waals surface area (Å²) in [7, 11) is 1.44. The highest BCUT2D eigenvalue weighted by Crippen LogP contribution is 2.26. The number of halogens is 1. The van der Waals surface area contributed by atoms with Gasteiger partial charge in [-0.2, -0.15) is 4.99 Å². The lowest BCUT2D eigenvalue weighted by molar-refractivity contribution is 0.0996. The highest BCUT2D eigenvalue weighted by Gasteiger charge is 2.22. The molecule has 0 aliphatic carbocycles. The monoisotopic (exact) mass is 397 g/mol. The molecule has 0 saturated heterocycles. The van der Waals surface area contributed by atoms with E-state index in [2.05, 4.69) is 10.3 Å². The van der Waals surface area contributed by atoms with Crippen molar-refractivity contribution in [3.8, 4) is 5.75 Å². The van der Waals surface area contributed by atoms with Crippen molar-refractivity contribution in [3.63, 3.8) is 0 Å². The molecule has 1 aromatic carbocycles. The van der Waals surface area contributed by atoms with Crippen LogP contribution < -0.4 is 14.7 Å². The number of carbonyl (C=O) groups is 2. The first-order chi connectivity index (χ1) is 12.0. The number of carbonyl (C=O) groups excluding carboxylic acids is 1. The van der Waals surface area contributed by atoms with E-state index >= 15 is 0 Å². The van der Waals surface area contributed by atoms with E-state index in [1.165, 1.54) is 24.7 Å². The van der Waals surface area contributed by atoms with Crippen LogP contribution in [0.15, 0.2) is 23.2 Å². The van der Waals surface area contributed by atoms with E-state index in [1.807, 2.05) is 24.7 Å². The van der Waals surface area contributed by atoms with Gasteiger partial charge in [-0.25, -0.2) is 4.79 Å². The molecule has 0 spiro atoms. The fourth-order valence-electron chi connectivity index (χ4n) is 2.42. The lowest BCUT2D eigenvalue weighted by Gasteiger charge is -2.21. The molecular weight excluding hydrogens is 378 g/mol. The van der Waals surface area contributed by atoms with Crippen LogP contribution in [0.25, 0.3) is 0 Å². The fourth-order valence-corrected chi connectivity index (χ4v) is 3.68. The van der Waals surface area contributed by atoms with Gasteiger partial charge in [0, 0.05) is 10.6 Å². The number of carboxylic acid groups (broad SMARTS) is 1. The van der Waals surface area contributed by atoms with Crippen molar-refractivity contribution in [2.24, 2.45) is 4.99 Å². The summed E-state index contributed by atoms with van der Waals surface area (Å²) in [5.74, 6) is -0.229. The van der Waals surface area contributed by atoms with Crippen LogP contribution in [0.4, 0.5) is 10.5 Å². The molecule has 0 saturated carbocycles. The molecule has 0 atom stereocenters. The minimum atomic E-state index is -1.23. The summed E-state index contributed by atoms with van der Waals surface area (Å²) < 4.78 is 7.36. The van der Waals surface area contributed by atoms with E-state index in [0.29, 0.717) is 16.5 Å². The summed E-state index contributed by atoms with van der Waals surface area (Å²) in [6, 6.07) is 4.66. The lowest BCUT2D eigenvalue weighted by Crippen LogP contribution is -2.21. The number of rotatable bonds is 3. The average molecular weight is 398 g/mol. The van der Waals surface area contributed by atoms with Gasteiger partial charge in [-0.05, 0) is 57.4 Å². The molecule has 0 aliphatic heterocycles. The summed E-state index contributed by atoms with van der Waals surface area (Å²) >= 11 is 7.17. The molecule has 140 valence electrons. The summed E-state index contributed by atoms with van der Waals surface area (Å²) in [4.78, 5) is 27.9. The Hall–Kier alpha value is -2.32. The lowest BCUT2D eigenvalue weighted by atomic mass is 10.1. The number of hydrogen-bond donors (Lipinski definition) is 2. The van der Waals surface area contributed by atoms with Gasteiger partial charge in [0.25, 0.3) is 5.91 Å². The smallest absolute Gasteiger partial charge is 0.409 e. The van der Waals surface area contributed by atoms with E-state index in [4.69, 9.17) is 21.4 Å². The van der Waals surface area contributed by atoms with Crippen molar-refractivity contribution >= 4 is 40.8 Å². The first kappa shape index (κ1) is 20.0. The number of nitrogens with one attached hydrogen (secondary N) is 1. The Balaban J connectivity index is 2.65. The molecule has 1 heterocycles. The van der Waals surface area contributed by atoms with Gasteiger partial charge in [0.1, 0.15) is 11.4 Å². The summed E-state index contributed by atoms with van der Waals surface area (Å²) in [6.45, 7) is 7.71. The second-order valence-electron chi connectivity index (χ2n) is 6.51. The second-order valence-corrected chi connectivity index (χ2v) is 7.88. The van der Waals surface area contributed by atoms with E-state index in [-0.39, 0.29) is 21.5 Å². The zero-order valence-corrected chi connectivity index (χ0v) is 16.7. The maximum Gasteiger partial charge on any atom is 0.409 e. The number of anilines is 1. The summed E-state index contributed by atoms with van der Waals surface area (Å²) in [5, 5.41) is 11.8. The Morgan fingerprint density at radius 3 is 2.54 bits per heavy atom.